The van der Waals surface area contributed by atoms with E-state index in [0.29, 0.717) is 18.2 Å². The molecule has 0 radical (unpaired) electrons. The third-order valence-corrected chi connectivity index (χ3v) is 3.27. The van der Waals surface area contributed by atoms with Gasteiger partial charge in [-0.15, -0.1) is 0 Å². The van der Waals surface area contributed by atoms with Crippen molar-refractivity contribution in [3.63, 3.8) is 0 Å². The van der Waals surface area contributed by atoms with Gasteiger partial charge in [0.25, 0.3) is 0 Å². The summed E-state index contributed by atoms with van der Waals surface area (Å²) in [4.78, 5) is 22.3. The van der Waals surface area contributed by atoms with E-state index in [1.807, 2.05) is 0 Å². The first kappa shape index (κ1) is 16.8. The van der Waals surface area contributed by atoms with Gasteiger partial charge in [-0.05, 0) is 29.7 Å². The lowest BCUT2D eigenvalue weighted by atomic mass is 10.0. The number of benzene rings is 1. The molecule has 0 atom stereocenters. The molecule has 1 aromatic rings. The van der Waals surface area contributed by atoms with Gasteiger partial charge in [-0.25, -0.2) is 9.59 Å². The average Bonchev–Trinajstić information content (AvgIpc) is 2.46. The maximum atomic E-state index is 11.8. The molecule has 0 saturated heterocycles. The minimum absolute atomic E-state index is 0.249. The highest BCUT2D eigenvalue weighted by Gasteiger charge is 2.06. The quantitative estimate of drug-likeness (QED) is 0.674. The van der Waals surface area contributed by atoms with Crippen LogP contribution in [0.1, 0.15) is 32.3 Å². The van der Waals surface area contributed by atoms with Gasteiger partial charge >= 0.3 is 12.0 Å². The van der Waals surface area contributed by atoms with Gasteiger partial charge in [0.1, 0.15) is 0 Å². The number of carbonyl (C=O) groups excluding carboxylic acids is 1. The van der Waals surface area contributed by atoms with Crippen LogP contribution in [0.15, 0.2) is 30.3 Å². The standard InChI is InChI=1S/C16H22N2O3/c1-3-12(4-2)11-17-16(21)18-14-7-5-6-13(10-14)8-9-15(19)20/h5-10,12H,3-4,11H2,1-2H3,(H,19,20)(H2,17,18,21)/b9-8+. The Kier molecular flexibility index (Phi) is 7.01. The number of anilines is 1. The Hall–Kier alpha value is -2.30. The molecular formula is C16H22N2O3. The summed E-state index contributed by atoms with van der Waals surface area (Å²) in [6.07, 6.45) is 4.61. The predicted octanol–water partition coefficient (Wildman–Crippen LogP) is 3.34. The maximum absolute atomic E-state index is 11.8. The summed E-state index contributed by atoms with van der Waals surface area (Å²) in [5.74, 6) is -0.517. The van der Waals surface area contributed by atoms with E-state index in [1.165, 1.54) is 6.08 Å². The Morgan fingerprint density at radius 2 is 2.00 bits per heavy atom. The normalized spacial score (nSPS) is 10.8. The van der Waals surface area contributed by atoms with Crippen molar-refractivity contribution in [2.75, 3.05) is 11.9 Å². The number of carboxylic acid groups (broad SMARTS) is 1. The first-order chi connectivity index (χ1) is 10.0. The zero-order valence-corrected chi connectivity index (χ0v) is 12.4. The molecule has 0 unspecified atom stereocenters. The summed E-state index contributed by atoms with van der Waals surface area (Å²) >= 11 is 0. The molecule has 0 aliphatic rings. The number of carboxylic acids is 1. The molecule has 0 aliphatic heterocycles. The van der Waals surface area contributed by atoms with Crippen LogP contribution in [0, 0.1) is 5.92 Å². The van der Waals surface area contributed by atoms with Crippen LogP contribution in [-0.4, -0.2) is 23.7 Å². The minimum atomic E-state index is -1.00. The van der Waals surface area contributed by atoms with Crippen LogP contribution in [0.3, 0.4) is 0 Å². The smallest absolute Gasteiger partial charge is 0.328 e. The summed E-state index contributed by atoms with van der Waals surface area (Å²) in [5.41, 5.74) is 1.35. The molecule has 0 bridgehead atoms. The molecule has 0 fully saturated rings. The number of nitrogens with one attached hydrogen (secondary N) is 2. The Bertz CT molecular complexity index is 508. The van der Waals surface area contributed by atoms with E-state index >= 15 is 0 Å². The van der Waals surface area contributed by atoms with Crippen LogP contribution in [0.25, 0.3) is 6.08 Å². The van der Waals surface area contributed by atoms with Crippen LogP contribution >= 0.6 is 0 Å². The highest BCUT2D eigenvalue weighted by Crippen LogP contribution is 2.12. The van der Waals surface area contributed by atoms with Crippen molar-refractivity contribution < 1.29 is 14.7 Å². The molecule has 2 amide bonds. The van der Waals surface area contributed by atoms with Gasteiger partial charge in [0, 0.05) is 18.3 Å². The van der Waals surface area contributed by atoms with Crippen molar-refractivity contribution in [3.8, 4) is 0 Å². The fourth-order valence-electron chi connectivity index (χ4n) is 1.88. The van der Waals surface area contributed by atoms with Gasteiger partial charge in [-0.2, -0.15) is 0 Å². The first-order valence-corrected chi connectivity index (χ1v) is 7.11. The zero-order chi connectivity index (χ0) is 15.7. The van der Waals surface area contributed by atoms with E-state index in [2.05, 4.69) is 24.5 Å². The number of carbonyl (C=O) groups is 2. The second-order valence-corrected chi connectivity index (χ2v) is 4.81. The number of amides is 2. The van der Waals surface area contributed by atoms with Crippen molar-refractivity contribution in [1.82, 2.24) is 5.32 Å². The van der Waals surface area contributed by atoms with Gasteiger partial charge in [0.15, 0.2) is 0 Å². The lowest BCUT2D eigenvalue weighted by molar-refractivity contribution is -0.131. The van der Waals surface area contributed by atoms with Gasteiger partial charge in [0.2, 0.25) is 0 Å². The Morgan fingerprint density at radius 3 is 2.62 bits per heavy atom. The van der Waals surface area contributed by atoms with Crippen LogP contribution in [-0.2, 0) is 4.79 Å². The molecule has 0 heterocycles. The Labute approximate surface area is 125 Å². The molecule has 114 valence electrons. The lowest BCUT2D eigenvalue weighted by Crippen LogP contribution is -2.32. The SMILES string of the molecule is CCC(CC)CNC(=O)Nc1cccc(/C=C/C(=O)O)c1. The highest BCUT2D eigenvalue weighted by molar-refractivity contribution is 5.90. The molecule has 5 heteroatoms. The van der Waals surface area contributed by atoms with E-state index in [9.17, 15) is 9.59 Å². The predicted molar refractivity (Wildman–Crippen MR) is 84.2 cm³/mol. The van der Waals surface area contributed by atoms with Crippen molar-refractivity contribution in [3.05, 3.63) is 35.9 Å². The number of hydrogen-bond donors (Lipinski definition) is 3. The number of aliphatic carboxylic acids is 1. The summed E-state index contributed by atoms with van der Waals surface area (Å²) in [5, 5.41) is 14.2. The summed E-state index contributed by atoms with van der Waals surface area (Å²) in [6.45, 7) is 4.86. The summed E-state index contributed by atoms with van der Waals surface area (Å²) in [6, 6.07) is 6.76. The second kappa shape index (κ2) is 8.79. The molecule has 0 aromatic heterocycles. The lowest BCUT2D eigenvalue weighted by Gasteiger charge is -2.14. The monoisotopic (exact) mass is 290 g/mol. The molecule has 0 spiro atoms. The largest absolute Gasteiger partial charge is 0.478 e. The molecule has 5 nitrogen and oxygen atoms in total. The minimum Gasteiger partial charge on any atom is -0.478 e. The van der Waals surface area contributed by atoms with Crippen LogP contribution in [0.4, 0.5) is 10.5 Å². The van der Waals surface area contributed by atoms with E-state index < -0.39 is 5.97 Å². The third kappa shape index (κ3) is 6.61. The first-order valence-electron chi connectivity index (χ1n) is 7.11. The fraction of sp³-hybridized carbons (Fsp3) is 0.375. The molecule has 0 saturated carbocycles. The van der Waals surface area contributed by atoms with Crippen molar-refractivity contribution >= 4 is 23.8 Å². The zero-order valence-electron chi connectivity index (χ0n) is 12.4. The number of urea groups is 1. The third-order valence-electron chi connectivity index (χ3n) is 3.27. The molecule has 21 heavy (non-hydrogen) atoms. The van der Waals surface area contributed by atoms with Gasteiger partial charge in [0.05, 0.1) is 0 Å². The van der Waals surface area contributed by atoms with Crippen LogP contribution in [0.5, 0.6) is 0 Å². The van der Waals surface area contributed by atoms with Crippen LogP contribution < -0.4 is 10.6 Å². The van der Waals surface area contributed by atoms with Gasteiger partial charge < -0.3 is 15.7 Å². The molecular weight excluding hydrogens is 268 g/mol. The number of rotatable bonds is 7. The van der Waals surface area contributed by atoms with Crippen LogP contribution in [0.2, 0.25) is 0 Å². The summed E-state index contributed by atoms with van der Waals surface area (Å²) < 4.78 is 0. The Morgan fingerprint density at radius 1 is 1.29 bits per heavy atom. The van der Waals surface area contributed by atoms with E-state index in [0.717, 1.165) is 24.5 Å². The van der Waals surface area contributed by atoms with E-state index in [-0.39, 0.29) is 6.03 Å². The van der Waals surface area contributed by atoms with E-state index in [1.54, 1.807) is 24.3 Å². The van der Waals surface area contributed by atoms with Crippen molar-refractivity contribution in [2.45, 2.75) is 26.7 Å². The highest BCUT2D eigenvalue weighted by atomic mass is 16.4. The fourth-order valence-corrected chi connectivity index (χ4v) is 1.88. The average molecular weight is 290 g/mol. The Balaban J connectivity index is 2.56. The van der Waals surface area contributed by atoms with Crippen molar-refractivity contribution in [2.24, 2.45) is 5.92 Å². The van der Waals surface area contributed by atoms with E-state index in [4.69, 9.17) is 5.11 Å². The molecule has 1 aromatic carbocycles. The number of hydrogen-bond acceptors (Lipinski definition) is 2. The topological polar surface area (TPSA) is 78.4 Å². The van der Waals surface area contributed by atoms with Gasteiger partial charge in [-0.3, -0.25) is 0 Å². The van der Waals surface area contributed by atoms with Gasteiger partial charge in [-0.1, -0.05) is 38.8 Å². The summed E-state index contributed by atoms with van der Waals surface area (Å²) in [7, 11) is 0. The molecule has 1 rings (SSSR count). The molecule has 3 N–H and O–H groups in total. The second-order valence-electron chi connectivity index (χ2n) is 4.81. The molecule has 0 aliphatic carbocycles. The van der Waals surface area contributed by atoms with Crippen molar-refractivity contribution in [1.29, 1.82) is 0 Å². The maximum Gasteiger partial charge on any atom is 0.328 e.